The summed E-state index contributed by atoms with van der Waals surface area (Å²) in [6.45, 7) is 6.68. The quantitative estimate of drug-likeness (QED) is 0.0917. The van der Waals surface area contributed by atoms with E-state index in [1.807, 2.05) is 0 Å². The second-order valence-corrected chi connectivity index (χ2v) is 9.28. The Balaban J connectivity index is 0. The summed E-state index contributed by atoms with van der Waals surface area (Å²) >= 11 is 3.78. The maximum atomic E-state index is 7.50. The second-order valence-electron chi connectivity index (χ2n) is 5.92. The summed E-state index contributed by atoms with van der Waals surface area (Å²) in [4.78, 5) is 0. The van der Waals surface area contributed by atoms with Crippen LogP contribution in [-0.4, -0.2) is 47.2 Å². The Bertz CT molecular complexity index is 783. The molecule has 1 aromatic carbocycles. The van der Waals surface area contributed by atoms with Crippen molar-refractivity contribution in [2.45, 2.75) is 32.1 Å². The van der Waals surface area contributed by atoms with E-state index in [4.69, 9.17) is 4.65 Å². The summed E-state index contributed by atoms with van der Waals surface area (Å²) in [5.74, 6) is 6.69. The molecule has 2 rings (SSSR count). The van der Waals surface area contributed by atoms with Gasteiger partial charge in [0.15, 0.2) is 0 Å². The molecule has 0 bridgehead atoms. The first kappa shape index (κ1) is 35.2. The topological polar surface area (TPSA) is 75.3 Å². The van der Waals surface area contributed by atoms with Crippen molar-refractivity contribution in [3.05, 3.63) is 53.7 Å². The van der Waals surface area contributed by atoms with Gasteiger partial charge in [-0.05, 0) is 0 Å². The summed E-state index contributed by atoms with van der Waals surface area (Å²) in [7, 11) is 7.13. The fourth-order valence-electron chi connectivity index (χ4n) is 2.53. The van der Waals surface area contributed by atoms with Gasteiger partial charge in [0, 0.05) is 42.7 Å². The molecule has 0 amide bonds. The average molecular weight is 552 g/mol. The van der Waals surface area contributed by atoms with E-state index in [0.717, 1.165) is 18.4 Å². The van der Waals surface area contributed by atoms with Crippen molar-refractivity contribution in [3.8, 4) is 11.8 Å². The fourth-order valence-corrected chi connectivity index (χ4v) is 3.66. The molecule has 1 aliphatic rings. The first-order valence-electron chi connectivity index (χ1n) is 10.1. The van der Waals surface area contributed by atoms with Crippen LogP contribution in [0.2, 0.25) is 0 Å². The molecule has 0 radical (unpaired) electrons. The molecule has 190 valence electrons. The molecule has 0 N–H and O–H groups in total. The summed E-state index contributed by atoms with van der Waals surface area (Å²) in [5, 5.41) is 0. The van der Waals surface area contributed by atoms with Gasteiger partial charge in [0.25, 0.3) is 0 Å². The van der Waals surface area contributed by atoms with Crippen LogP contribution in [0.25, 0.3) is 6.08 Å². The molecule has 0 spiro atoms. The van der Waals surface area contributed by atoms with Crippen LogP contribution in [0.3, 0.4) is 0 Å². The summed E-state index contributed by atoms with van der Waals surface area (Å²) in [6.07, 6.45) is 7.65. The SMILES string of the molecule is CCCCC#CC(=[C]=[Fe])C1C=Cc2ccccc21.COP(OC)OC.COP(OC)OC.[C-]#[O+]. The van der Waals surface area contributed by atoms with Crippen molar-refractivity contribution >= 4 is 27.9 Å². The van der Waals surface area contributed by atoms with E-state index in [1.165, 1.54) is 17.5 Å². The standard InChI is InChI=1S/C17H16.2C3H9O3P.CO.Fe/c1-3-4-5-6-9-14(2)16-13-12-15-10-7-8-11-17(15)16;2*1-4-7(5-2)6-3;1-2;/h7-8,10-13,16H,3-5H2,1H3;2*1-3H3;;. The zero-order chi connectivity index (χ0) is 26.2. The van der Waals surface area contributed by atoms with E-state index < -0.39 is 17.2 Å². The number of rotatable bonds is 9. The summed E-state index contributed by atoms with van der Waals surface area (Å²) in [5.41, 5.74) is 3.59. The van der Waals surface area contributed by atoms with Crippen molar-refractivity contribution in [1.29, 1.82) is 0 Å². The number of unbranched alkanes of at least 4 members (excludes halogenated alkanes) is 2. The molecule has 1 aliphatic carbocycles. The van der Waals surface area contributed by atoms with E-state index in [1.54, 1.807) is 42.7 Å². The Morgan fingerprint density at radius 3 is 1.85 bits per heavy atom. The van der Waals surface area contributed by atoms with Crippen LogP contribution >= 0.6 is 17.2 Å². The Labute approximate surface area is 215 Å². The Morgan fingerprint density at radius 1 is 0.941 bits per heavy atom. The van der Waals surface area contributed by atoms with Crippen LogP contribution in [-0.2, 0) is 47.4 Å². The molecule has 0 aliphatic heterocycles. The Hall–Kier alpha value is -0.951. The molecule has 1 atom stereocenters. The van der Waals surface area contributed by atoms with Gasteiger partial charge in [-0.1, -0.05) is 0 Å². The van der Waals surface area contributed by atoms with Crippen LogP contribution in [0.4, 0.5) is 0 Å². The summed E-state index contributed by atoms with van der Waals surface area (Å²) in [6, 6.07) is 8.43. The normalized spacial score (nSPS) is 12.5. The van der Waals surface area contributed by atoms with E-state index >= 15 is 0 Å². The van der Waals surface area contributed by atoms with Crippen molar-refractivity contribution < 1.29 is 47.4 Å². The van der Waals surface area contributed by atoms with E-state index in [9.17, 15) is 0 Å². The summed E-state index contributed by atoms with van der Waals surface area (Å²) < 4.78 is 38.5. The molecule has 1 aromatic rings. The predicted octanol–water partition coefficient (Wildman–Crippen LogP) is 6.13. The van der Waals surface area contributed by atoms with Crippen LogP contribution < -0.4 is 0 Å². The van der Waals surface area contributed by atoms with Gasteiger partial charge in [0.1, 0.15) is 0 Å². The molecule has 0 aromatic heterocycles. The molecular weight excluding hydrogens is 518 g/mol. The zero-order valence-corrected chi connectivity index (χ0v) is 23.7. The minimum atomic E-state index is -1.05. The molecule has 0 saturated heterocycles. The van der Waals surface area contributed by atoms with E-state index in [2.05, 4.69) is 109 Å². The average Bonchev–Trinajstić information content (AvgIpc) is 3.32. The van der Waals surface area contributed by atoms with Gasteiger partial charge < -0.3 is 27.1 Å². The van der Waals surface area contributed by atoms with E-state index in [0.29, 0.717) is 0 Å². The van der Waals surface area contributed by atoms with Crippen molar-refractivity contribution in [3.63, 3.8) is 0 Å². The molecule has 7 nitrogen and oxygen atoms in total. The number of hydrogen-bond acceptors (Lipinski definition) is 6. The van der Waals surface area contributed by atoms with E-state index in [-0.39, 0.29) is 5.92 Å². The van der Waals surface area contributed by atoms with Gasteiger partial charge >= 0.3 is 146 Å². The minimum absolute atomic E-state index is 0.243. The predicted molar refractivity (Wildman–Crippen MR) is 134 cm³/mol. The monoisotopic (exact) mass is 552 g/mol. The fraction of sp³-hybridized carbons (Fsp3) is 0.458. The number of hydrogen-bond donors (Lipinski definition) is 0. The molecule has 0 saturated carbocycles. The van der Waals surface area contributed by atoms with Crippen LogP contribution in [0.15, 0.2) is 35.9 Å². The molecule has 10 heteroatoms. The number of fused-ring (bicyclic) bond motifs is 1. The zero-order valence-electron chi connectivity index (χ0n) is 20.8. The van der Waals surface area contributed by atoms with Gasteiger partial charge in [-0.2, -0.15) is 0 Å². The van der Waals surface area contributed by atoms with Crippen LogP contribution in [0.5, 0.6) is 0 Å². The Morgan fingerprint density at radius 2 is 1.44 bits per heavy atom. The first-order valence-corrected chi connectivity index (χ1v) is 12.8. The van der Waals surface area contributed by atoms with Gasteiger partial charge in [0.05, 0.1) is 0 Å². The van der Waals surface area contributed by atoms with Crippen molar-refractivity contribution in [1.82, 2.24) is 0 Å². The second kappa shape index (κ2) is 25.2. The van der Waals surface area contributed by atoms with Crippen LogP contribution in [0.1, 0.15) is 43.2 Å². The van der Waals surface area contributed by atoms with Gasteiger partial charge in [0.2, 0.25) is 0 Å². The molecule has 0 heterocycles. The third kappa shape index (κ3) is 15.1. The first-order chi connectivity index (χ1) is 16.6. The molecule has 0 fully saturated rings. The van der Waals surface area contributed by atoms with Gasteiger partial charge in [-0.3, -0.25) is 0 Å². The van der Waals surface area contributed by atoms with Crippen LogP contribution in [0, 0.1) is 18.5 Å². The number of allylic oxidation sites excluding steroid dienone is 2. The third-order valence-electron chi connectivity index (χ3n) is 3.98. The Kier molecular flexibility index (Phi) is 26.0. The molecule has 34 heavy (non-hydrogen) atoms. The third-order valence-corrected chi connectivity index (χ3v) is 6.06. The maximum absolute atomic E-state index is 7.50. The van der Waals surface area contributed by atoms with Crippen molar-refractivity contribution in [2.75, 3.05) is 42.7 Å². The van der Waals surface area contributed by atoms with Gasteiger partial charge in [-0.25, -0.2) is 0 Å². The van der Waals surface area contributed by atoms with Crippen molar-refractivity contribution in [2.24, 2.45) is 0 Å². The number of benzene rings is 1. The van der Waals surface area contributed by atoms with Gasteiger partial charge in [-0.15, -0.1) is 0 Å². The molecule has 1 unspecified atom stereocenters. The molecular formula is C24H34FeO7P2.